The zero-order chi connectivity index (χ0) is 11.5. The van der Waals surface area contributed by atoms with Gasteiger partial charge in [0.15, 0.2) is 0 Å². The number of likely N-dealkylation sites (tertiary alicyclic amines) is 1. The minimum absolute atomic E-state index is 0.162. The zero-order valence-electron chi connectivity index (χ0n) is 9.57. The van der Waals surface area contributed by atoms with Gasteiger partial charge in [-0.2, -0.15) is 0 Å². The van der Waals surface area contributed by atoms with Gasteiger partial charge in [0, 0.05) is 30.8 Å². The van der Waals surface area contributed by atoms with E-state index in [1.165, 1.54) is 0 Å². The van der Waals surface area contributed by atoms with Gasteiger partial charge >= 0.3 is 0 Å². The molecule has 16 heavy (non-hydrogen) atoms. The van der Waals surface area contributed by atoms with E-state index in [0.717, 1.165) is 44.1 Å². The highest BCUT2D eigenvalue weighted by Crippen LogP contribution is 2.38. The standard InChI is InChI=1S/C12H20BrNO2/c13-6-2-1-3-12(16)14-7-9-4-5-11(15)10(9)8-14/h9-11,15H,1-8H2. The van der Waals surface area contributed by atoms with Crippen LogP contribution in [0.2, 0.25) is 0 Å². The molecule has 3 atom stereocenters. The quantitative estimate of drug-likeness (QED) is 0.633. The number of nitrogens with zero attached hydrogens (tertiary/aromatic N) is 1. The van der Waals surface area contributed by atoms with Crippen molar-refractivity contribution in [3.8, 4) is 0 Å². The average Bonchev–Trinajstić information content (AvgIpc) is 2.82. The lowest BCUT2D eigenvalue weighted by Crippen LogP contribution is -2.30. The highest BCUT2D eigenvalue weighted by Gasteiger charge is 2.42. The van der Waals surface area contributed by atoms with Crippen molar-refractivity contribution >= 4 is 21.8 Å². The summed E-state index contributed by atoms with van der Waals surface area (Å²) in [5.74, 6) is 1.21. The van der Waals surface area contributed by atoms with Crippen LogP contribution in [0.5, 0.6) is 0 Å². The van der Waals surface area contributed by atoms with Crippen LogP contribution in [0.15, 0.2) is 0 Å². The summed E-state index contributed by atoms with van der Waals surface area (Å²) in [7, 11) is 0. The van der Waals surface area contributed by atoms with Gasteiger partial charge in [0.2, 0.25) is 5.91 Å². The molecule has 1 saturated carbocycles. The number of halogens is 1. The van der Waals surface area contributed by atoms with Gasteiger partial charge in [0.05, 0.1) is 6.10 Å². The number of unbranched alkanes of at least 4 members (excludes halogenated alkanes) is 1. The molecule has 4 heteroatoms. The first-order valence-electron chi connectivity index (χ1n) is 6.24. The van der Waals surface area contributed by atoms with E-state index in [4.69, 9.17) is 0 Å². The molecule has 1 N–H and O–H groups in total. The summed E-state index contributed by atoms with van der Waals surface area (Å²) in [6.45, 7) is 1.67. The van der Waals surface area contributed by atoms with E-state index < -0.39 is 0 Å². The molecule has 0 aromatic rings. The van der Waals surface area contributed by atoms with Crippen LogP contribution in [0.4, 0.5) is 0 Å². The third kappa shape index (κ3) is 2.59. The zero-order valence-corrected chi connectivity index (χ0v) is 11.2. The second-order valence-corrected chi connectivity index (χ2v) is 5.81. The number of hydrogen-bond acceptors (Lipinski definition) is 2. The van der Waals surface area contributed by atoms with Gasteiger partial charge in [-0.1, -0.05) is 15.9 Å². The SMILES string of the molecule is O=C(CCCCBr)N1CC2CCC(O)C2C1. The number of amides is 1. The van der Waals surface area contributed by atoms with Crippen molar-refractivity contribution in [1.82, 2.24) is 4.90 Å². The normalized spacial score (nSPS) is 33.1. The fourth-order valence-corrected chi connectivity index (χ4v) is 3.37. The third-order valence-corrected chi connectivity index (χ3v) is 4.51. The van der Waals surface area contributed by atoms with Gasteiger partial charge in [-0.3, -0.25) is 4.79 Å². The number of aliphatic hydroxyl groups excluding tert-OH is 1. The van der Waals surface area contributed by atoms with Crippen LogP contribution in [0.3, 0.4) is 0 Å². The van der Waals surface area contributed by atoms with Gasteiger partial charge in [0.25, 0.3) is 0 Å². The van der Waals surface area contributed by atoms with Crippen LogP contribution in [0.1, 0.15) is 32.1 Å². The number of carbonyl (C=O) groups is 1. The van der Waals surface area contributed by atoms with E-state index in [1.807, 2.05) is 4.90 Å². The van der Waals surface area contributed by atoms with Gasteiger partial charge in [-0.05, 0) is 31.6 Å². The molecule has 0 spiro atoms. The van der Waals surface area contributed by atoms with E-state index in [9.17, 15) is 9.90 Å². The van der Waals surface area contributed by atoms with Crippen LogP contribution in [-0.4, -0.2) is 40.4 Å². The summed E-state index contributed by atoms with van der Waals surface area (Å²) in [6.07, 6.45) is 4.57. The van der Waals surface area contributed by atoms with E-state index in [0.29, 0.717) is 18.3 Å². The second kappa shape index (κ2) is 5.50. The first-order valence-corrected chi connectivity index (χ1v) is 7.36. The number of hydrogen-bond donors (Lipinski definition) is 1. The molecule has 2 fully saturated rings. The Morgan fingerprint density at radius 1 is 1.31 bits per heavy atom. The number of carbonyl (C=O) groups excluding carboxylic acids is 1. The maximum Gasteiger partial charge on any atom is 0.222 e. The number of aliphatic hydroxyl groups is 1. The highest BCUT2D eigenvalue weighted by atomic mass is 79.9. The van der Waals surface area contributed by atoms with E-state index >= 15 is 0 Å². The van der Waals surface area contributed by atoms with Crippen molar-refractivity contribution in [2.24, 2.45) is 11.8 Å². The van der Waals surface area contributed by atoms with Gasteiger partial charge in [0.1, 0.15) is 0 Å². The molecule has 2 aliphatic rings. The molecule has 0 bridgehead atoms. The van der Waals surface area contributed by atoms with Crippen molar-refractivity contribution in [3.05, 3.63) is 0 Å². The summed E-state index contributed by atoms with van der Waals surface area (Å²) >= 11 is 3.37. The predicted molar refractivity (Wildman–Crippen MR) is 66.4 cm³/mol. The molecule has 1 saturated heterocycles. The molecule has 1 amide bonds. The Morgan fingerprint density at radius 3 is 2.81 bits per heavy atom. The Hall–Kier alpha value is -0.0900. The maximum absolute atomic E-state index is 11.9. The van der Waals surface area contributed by atoms with Gasteiger partial charge < -0.3 is 10.0 Å². The number of fused-ring (bicyclic) bond motifs is 1. The molecule has 1 heterocycles. The molecule has 1 aliphatic carbocycles. The Kier molecular flexibility index (Phi) is 4.25. The molecule has 3 unspecified atom stereocenters. The molecule has 2 rings (SSSR count). The van der Waals surface area contributed by atoms with E-state index in [-0.39, 0.29) is 12.0 Å². The molecule has 0 aromatic carbocycles. The molecule has 0 aromatic heterocycles. The predicted octanol–water partition coefficient (Wildman–Crippen LogP) is 1.78. The van der Waals surface area contributed by atoms with Crippen molar-refractivity contribution in [2.45, 2.75) is 38.2 Å². The fraction of sp³-hybridized carbons (Fsp3) is 0.917. The van der Waals surface area contributed by atoms with Crippen LogP contribution in [-0.2, 0) is 4.79 Å². The van der Waals surface area contributed by atoms with Crippen LogP contribution in [0, 0.1) is 11.8 Å². The molecular weight excluding hydrogens is 270 g/mol. The molecule has 92 valence electrons. The van der Waals surface area contributed by atoms with Crippen molar-refractivity contribution in [1.29, 1.82) is 0 Å². The van der Waals surface area contributed by atoms with Gasteiger partial charge in [-0.15, -0.1) is 0 Å². The summed E-state index contributed by atoms with van der Waals surface area (Å²) in [4.78, 5) is 13.9. The van der Waals surface area contributed by atoms with E-state index in [1.54, 1.807) is 0 Å². The summed E-state index contributed by atoms with van der Waals surface area (Å²) in [5, 5.41) is 10.7. The van der Waals surface area contributed by atoms with Gasteiger partial charge in [-0.25, -0.2) is 0 Å². The number of alkyl halides is 1. The lowest BCUT2D eigenvalue weighted by Gasteiger charge is -2.18. The number of rotatable bonds is 4. The van der Waals surface area contributed by atoms with Crippen molar-refractivity contribution < 1.29 is 9.90 Å². The first-order chi connectivity index (χ1) is 7.72. The third-order valence-electron chi connectivity index (χ3n) is 3.95. The van der Waals surface area contributed by atoms with Crippen molar-refractivity contribution in [3.63, 3.8) is 0 Å². The van der Waals surface area contributed by atoms with Crippen LogP contribution >= 0.6 is 15.9 Å². The second-order valence-electron chi connectivity index (χ2n) is 5.01. The summed E-state index contributed by atoms with van der Waals surface area (Å²) in [5.41, 5.74) is 0. The minimum atomic E-state index is -0.162. The van der Waals surface area contributed by atoms with Crippen LogP contribution < -0.4 is 0 Å². The topological polar surface area (TPSA) is 40.5 Å². The largest absolute Gasteiger partial charge is 0.393 e. The summed E-state index contributed by atoms with van der Waals surface area (Å²) in [6, 6.07) is 0. The van der Waals surface area contributed by atoms with Crippen molar-refractivity contribution in [2.75, 3.05) is 18.4 Å². The summed E-state index contributed by atoms with van der Waals surface area (Å²) < 4.78 is 0. The van der Waals surface area contributed by atoms with Crippen LogP contribution in [0.25, 0.3) is 0 Å². The average molecular weight is 290 g/mol. The highest BCUT2D eigenvalue weighted by molar-refractivity contribution is 9.09. The Labute approximate surface area is 105 Å². The molecule has 0 radical (unpaired) electrons. The maximum atomic E-state index is 11.9. The molecular formula is C12H20BrNO2. The molecule has 1 aliphatic heterocycles. The monoisotopic (exact) mass is 289 g/mol. The fourth-order valence-electron chi connectivity index (χ4n) is 2.97. The lowest BCUT2D eigenvalue weighted by molar-refractivity contribution is -0.130. The lowest BCUT2D eigenvalue weighted by atomic mass is 10.00. The van der Waals surface area contributed by atoms with E-state index in [2.05, 4.69) is 15.9 Å². The smallest absolute Gasteiger partial charge is 0.222 e. The molecule has 3 nitrogen and oxygen atoms in total. The Bertz CT molecular complexity index is 259. The first kappa shape index (κ1) is 12.4. The Morgan fingerprint density at radius 2 is 2.12 bits per heavy atom. The minimum Gasteiger partial charge on any atom is -0.393 e. The Balaban J connectivity index is 1.78.